The SMILES string of the molecule is Cc1ccc(CC(=O)NCC(Cc2ccc(C)cc2)n2c(=N)n(Cc3ccc(C)cc3)c3ccccc32)cc1. The van der Waals surface area contributed by atoms with Crippen LogP contribution in [-0.4, -0.2) is 21.6 Å². The maximum atomic E-state index is 13.0. The first-order chi connectivity index (χ1) is 18.9. The summed E-state index contributed by atoms with van der Waals surface area (Å²) in [4.78, 5) is 13.0. The van der Waals surface area contributed by atoms with Gasteiger partial charge in [0.25, 0.3) is 0 Å². The molecule has 0 radical (unpaired) electrons. The largest absolute Gasteiger partial charge is 0.354 e. The number of hydrogen-bond acceptors (Lipinski definition) is 2. The van der Waals surface area contributed by atoms with Crippen molar-refractivity contribution in [3.8, 4) is 0 Å². The highest BCUT2D eigenvalue weighted by molar-refractivity contribution is 5.79. The van der Waals surface area contributed by atoms with E-state index in [1.807, 2.05) is 43.3 Å². The average molecular weight is 517 g/mol. The van der Waals surface area contributed by atoms with E-state index in [0.29, 0.717) is 31.5 Å². The molecule has 1 atom stereocenters. The third kappa shape index (κ3) is 6.20. The lowest BCUT2D eigenvalue weighted by Gasteiger charge is -2.21. The van der Waals surface area contributed by atoms with Crippen molar-refractivity contribution in [3.05, 3.63) is 136 Å². The van der Waals surface area contributed by atoms with Crippen molar-refractivity contribution < 1.29 is 4.79 Å². The summed E-state index contributed by atoms with van der Waals surface area (Å²) in [6, 6.07) is 33.2. The van der Waals surface area contributed by atoms with E-state index in [1.165, 1.54) is 22.3 Å². The molecule has 0 saturated carbocycles. The molecule has 1 amide bonds. The summed E-state index contributed by atoms with van der Waals surface area (Å²) in [6.07, 6.45) is 1.05. The summed E-state index contributed by atoms with van der Waals surface area (Å²) >= 11 is 0. The second kappa shape index (κ2) is 11.6. The highest BCUT2D eigenvalue weighted by Crippen LogP contribution is 2.22. The molecule has 0 aliphatic carbocycles. The Morgan fingerprint density at radius 1 is 0.718 bits per heavy atom. The van der Waals surface area contributed by atoms with Gasteiger partial charge in [0, 0.05) is 6.54 Å². The number of fused-ring (bicyclic) bond motifs is 1. The highest BCUT2D eigenvalue weighted by Gasteiger charge is 2.20. The molecule has 39 heavy (non-hydrogen) atoms. The molecule has 2 N–H and O–H groups in total. The summed E-state index contributed by atoms with van der Waals surface area (Å²) in [5.41, 5.74) is 9.39. The van der Waals surface area contributed by atoms with E-state index >= 15 is 0 Å². The zero-order valence-corrected chi connectivity index (χ0v) is 22.9. The number of aryl methyl sites for hydroxylation is 3. The zero-order valence-electron chi connectivity index (χ0n) is 22.9. The summed E-state index contributed by atoms with van der Waals surface area (Å²) in [7, 11) is 0. The molecule has 0 saturated heterocycles. The second-order valence-corrected chi connectivity index (χ2v) is 10.6. The van der Waals surface area contributed by atoms with Gasteiger partial charge in [-0.3, -0.25) is 10.2 Å². The molecule has 0 spiro atoms. The molecular formula is C34H36N4O. The molecule has 198 valence electrons. The van der Waals surface area contributed by atoms with Gasteiger partial charge in [-0.05, 0) is 56.0 Å². The number of benzene rings is 4. The number of rotatable bonds is 9. The Kier molecular flexibility index (Phi) is 7.78. The van der Waals surface area contributed by atoms with Crippen LogP contribution in [-0.2, 0) is 24.2 Å². The average Bonchev–Trinajstić information content (AvgIpc) is 3.21. The van der Waals surface area contributed by atoms with Gasteiger partial charge in [0.2, 0.25) is 11.5 Å². The molecule has 0 bridgehead atoms. The standard InChI is InChI=1S/C34H36N4O/c1-24-8-14-27(15-9-24)20-30(22-36-33(39)21-28-16-10-25(2)11-17-28)38-32-7-5-4-6-31(32)37(34(38)35)23-29-18-12-26(3)13-19-29/h4-19,30,35H,20-23H2,1-3H3,(H,36,39). The number of hydrogen-bond donors (Lipinski definition) is 2. The Bertz CT molecular complexity index is 1620. The number of amides is 1. The molecule has 5 nitrogen and oxygen atoms in total. The lowest BCUT2D eigenvalue weighted by Crippen LogP contribution is -2.37. The van der Waals surface area contributed by atoms with Crippen molar-refractivity contribution >= 4 is 16.9 Å². The molecule has 1 heterocycles. The molecule has 0 aliphatic heterocycles. The normalized spacial score (nSPS) is 12.0. The predicted molar refractivity (Wildman–Crippen MR) is 158 cm³/mol. The van der Waals surface area contributed by atoms with Gasteiger partial charge in [0.05, 0.1) is 30.0 Å². The van der Waals surface area contributed by atoms with Gasteiger partial charge in [0.15, 0.2) is 0 Å². The van der Waals surface area contributed by atoms with Crippen molar-refractivity contribution in [2.75, 3.05) is 6.54 Å². The number of nitrogens with zero attached hydrogens (tertiary/aromatic N) is 2. The van der Waals surface area contributed by atoms with Crippen molar-refractivity contribution in [2.24, 2.45) is 0 Å². The number of carbonyl (C=O) groups is 1. The van der Waals surface area contributed by atoms with Gasteiger partial charge in [0.1, 0.15) is 0 Å². The summed E-state index contributed by atoms with van der Waals surface area (Å²) in [6.45, 7) is 7.27. The van der Waals surface area contributed by atoms with Gasteiger partial charge in [-0.15, -0.1) is 0 Å². The minimum absolute atomic E-state index is 0.0108. The fourth-order valence-electron chi connectivity index (χ4n) is 5.10. The van der Waals surface area contributed by atoms with Gasteiger partial charge >= 0.3 is 0 Å². The lowest BCUT2D eigenvalue weighted by molar-refractivity contribution is -0.120. The van der Waals surface area contributed by atoms with Crippen LogP contribution in [0.2, 0.25) is 0 Å². The number of carbonyl (C=O) groups excluding carboxylic acids is 1. The van der Waals surface area contributed by atoms with E-state index < -0.39 is 0 Å². The van der Waals surface area contributed by atoms with Crippen LogP contribution in [0.25, 0.3) is 11.0 Å². The van der Waals surface area contributed by atoms with Crippen molar-refractivity contribution in [3.63, 3.8) is 0 Å². The lowest BCUT2D eigenvalue weighted by atomic mass is 10.0. The second-order valence-electron chi connectivity index (χ2n) is 10.6. The van der Waals surface area contributed by atoms with Crippen LogP contribution in [0.3, 0.4) is 0 Å². The number of imidazole rings is 1. The van der Waals surface area contributed by atoms with E-state index in [2.05, 4.69) is 89.0 Å². The van der Waals surface area contributed by atoms with Gasteiger partial charge in [-0.25, -0.2) is 0 Å². The molecule has 5 rings (SSSR count). The molecule has 0 fully saturated rings. The Hall–Kier alpha value is -4.38. The van der Waals surface area contributed by atoms with E-state index in [4.69, 9.17) is 0 Å². The first-order valence-electron chi connectivity index (χ1n) is 13.5. The first kappa shape index (κ1) is 26.2. The Morgan fingerprint density at radius 2 is 1.23 bits per heavy atom. The quantitative estimate of drug-likeness (QED) is 0.247. The molecule has 1 unspecified atom stereocenters. The van der Waals surface area contributed by atoms with E-state index in [-0.39, 0.29) is 11.9 Å². The van der Waals surface area contributed by atoms with E-state index in [0.717, 1.165) is 22.2 Å². The third-order valence-electron chi connectivity index (χ3n) is 7.35. The predicted octanol–water partition coefficient (Wildman–Crippen LogP) is 6.04. The zero-order chi connectivity index (χ0) is 27.4. The van der Waals surface area contributed by atoms with Crippen LogP contribution in [0.4, 0.5) is 0 Å². The first-order valence-corrected chi connectivity index (χ1v) is 13.5. The highest BCUT2D eigenvalue weighted by atomic mass is 16.1. The van der Waals surface area contributed by atoms with Crippen LogP contribution < -0.4 is 10.9 Å². The van der Waals surface area contributed by atoms with Crippen LogP contribution >= 0.6 is 0 Å². The van der Waals surface area contributed by atoms with Crippen molar-refractivity contribution in [1.82, 2.24) is 14.5 Å². The topological polar surface area (TPSA) is 62.8 Å². The summed E-state index contributed by atoms with van der Waals surface area (Å²) in [5, 5.41) is 12.5. The fraction of sp³-hybridized carbons (Fsp3) is 0.235. The summed E-state index contributed by atoms with van der Waals surface area (Å²) in [5.74, 6) is -0.0108. The minimum Gasteiger partial charge on any atom is -0.354 e. The number of nitrogens with one attached hydrogen (secondary N) is 2. The monoisotopic (exact) mass is 516 g/mol. The Balaban J connectivity index is 1.48. The molecule has 5 heteroatoms. The van der Waals surface area contributed by atoms with Crippen LogP contribution in [0.1, 0.15) is 39.4 Å². The van der Waals surface area contributed by atoms with Crippen LogP contribution in [0, 0.1) is 26.2 Å². The van der Waals surface area contributed by atoms with Crippen molar-refractivity contribution in [2.45, 2.75) is 46.2 Å². The van der Waals surface area contributed by atoms with E-state index in [9.17, 15) is 10.2 Å². The van der Waals surface area contributed by atoms with Crippen LogP contribution in [0.5, 0.6) is 0 Å². The van der Waals surface area contributed by atoms with E-state index in [1.54, 1.807) is 0 Å². The molecule has 5 aromatic rings. The van der Waals surface area contributed by atoms with Gasteiger partial charge in [-0.1, -0.05) is 102 Å². The minimum atomic E-state index is -0.119. The maximum Gasteiger partial charge on any atom is 0.224 e. The van der Waals surface area contributed by atoms with Crippen LogP contribution in [0.15, 0.2) is 97.1 Å². The molecule has 4 aromatic carbocycles. The third-order valence-corrected chi connectivity index (χ3v) is 7.35. The Labute approximate surface area is 230 Å². The summed E-state index contributed by atoms with van der Waals surface area (Å²) < 4.78 is 4.16. The van der Waals surface area contributed by atoms with Gasteiger partial charge in [-0.2, -0.15) is 0 Å². The molecular weight excluding hydrogens is 480 g/mol. The fourth-order valence-corrected chi connectivity index (χ4v) is 5.10. The molecule has 0 aliphatic rings. The number of para-hydroxylation sites is 2. The Morgan fingerprint density at radius 3 is 1.82 bits per heavy atom. The smallest absolute Gasteiger partial charge is 0.224 e. The van der Waals surface area contributed by atoms with Crippen molar-refractivity contribution in [1.29, 1.82) is 5.41 Å². The number of aromatic nitrogens is 2. The van der Waals surface area contributed by atoms with Gasteiger partial charge < -0.3 is 14.5 Å². The maximum absolute atomic E-state index is 13.0. The molecule has 1 aromatic heterocycles.